The van der Waals surface area contributed by atoms with E-state index in [1.54, 1.807) is 18.2 Å². The molecule has 1 aliphatic heterocycles. The van der Waals surface area contributed by atoms with Crippen molar-refractivity contribution in [1.29, 1.82) is 0 Å². The van der Waals surface area contributed by atoms with Crippen LogP contribution in [-0.4, -0.2) is 10.8 Å². The van der Waals surface area contributed by atoms with Crippen molar-refractivity contribution in [2.45, 2.75) is 18.6 Å². The van der Waals surface area contributed by atoms with Gasteiger partial charge in [-0.05, 0) is 53.6 Å². The van der Waals surface area contributed by atoms with E-state index >= 15 is 0 Å². The largest absolute Gasteiger partial charge is 0.508 e. The lowest BCUT2D eigenvalue weighted by Crippen LogP contribution is -2.33. The second-order valence-electron chi connectivity index (χ2n) is 6.66. The number of hydrogen-bond acceptors (Lipinski definition) is 3. The Hall–Kier alpha value is -1.85. The Morgan fingerprint density at radius 1 is 0.929 bits per heavy atom. The summed E-state index contributed by atoms with van der Waals surface area (Å²) in [6, 6.07) is 20.7. The molecule has 0 fully saturated rings. The third-order valence-electron chi connectivity index (χ3n) is 4.77. The topological polar surface area (TPSA) is 44.6 Å². The number of nitrogens with zero attached hydrogens (tertiary/aromatic N) is 1. The fraction of sp³-hybridized carbons (Fsp3) is 0.136. The molecule has 0 saturated heterocycles. The smallest absolute Gasteiger partial charge is 0.126 e. The minimum absolute atomic E-state index is 0.129. The van der Waals surface area contributed by atoms with Gasteiger partial charge in [-0.1, -0.05) is 63.4 Å². The first-order valence-corrected chi connectivity index (χ1v) is 10.4. The molecule has 3 nitrogen and oxygen atoms in total. The summed E-state index contributed by atoms with van der Waals surface area (Å²) in [6.45, 7) is 0. The van der Waals surface area contributed by atoms with Gasteiger partial charge in [-0.25, -0.2) is 0 Å². The molecular formula is C22H17BrCl2N2O. The predicted octanol–water partition coefficient (Wildman–Crippen LogP) is 6.68. The number of benzene rings is 3. The zero-order valence-electron chi connectivity index (χ0n) is 14.7. The van der Waals surface area contributed by atoms with Gasteiger partial charge < -0.3 is 5.11 Å². The molecule has 1 aliphatic rings. The van der Waals surface area contributed by atoms with E-state index in [0.29, 0.717) is 16.5 Å². The summed E-state index contributed by atoms with van der Waals surface area (Å²) in [7, 11) is 0. The van der Waals surface area contributed by atoms with Gasteiger partial charge in [0.2, 0.25) is 0 Å². The number of phenolic OH excluding ortho intramolecular Hbond substituents is 1. The molecule has 2 atom stereocenters. The molecule has 0 radical (unpaired) electrons. The molecule has 0 saturated carbocycles. The summed E-state index contributed by atoms with van der Waals surface area (Å²) >= 11 is 15.7. The van der Waals surface area contributed by atoms with E-state index in [4.69, 9.17) is 28.2 Å². The number of hydrogen-bond donors (Lipinski definition) is 2. The summed E-state index contributed by atoms with van der Waals surface area (Å²) in [5, 5.41) is 15.2. The summed E-state index contributed by atoms with van der Waals surface area (Å²) in [5.74, 6) is 0.216. The van der Waals surface area contributed by atoms with Gasteiger partial charge in [0.25, 0.3) is 0 Å². The van der Waals surface area contributed by atoms with Crippen molar-refractivity contribution in [3.63, 3.8) is 0 Å². The van der Waals surface area contributed by atoms with Gasteiger partial charge in [-0.2, -0.15) is 0 Å². The lowest BCUT2D eigenvalue weighted by molar-refractivity contribution is 0.412. The molecule has 3 aromatic rings. The highest BCUT2D eigenvalue weighted by molar-refractivity contribution is 9.10. The molecule has 4 rings (SSSR count). The molecular weight excluding hydrogens is 459 g/mol. The average molecular weight is 476 g/mol. The Kier molecular flexibility index (Phi) is 5.74. The van der Waals surface area contributed by atoms with Crippen LogP contribution in [-0.2, 0) is 0 Å². The van der Waals surface area contributed by atoms with Crippen LogP contribution < -0.4 is 5.32 Å². The molecule has 2 N–H and O–H groups in total. The molecule has 6 heteroatoms. The molecule has 0 bridgehead atoms. The number of halogens is 3. The number of aromatic hydroxyl groups is 1. The maximum atomic E-state index is 10.4. The molecule has 0 spiro atoms. The van der Waals surface area contributed by atoms with Crippen LogP contribution in [0, 0.1) is 0 Å². The van der Waals surface area contributed by atoms with Gasteiger partial charge in [0.15, 0.2) is 0 Å². The fourth-order valence-electron chi connectivity index (χ4n) is 3.34. The minimum Gasteiger partial charge on any atom is -0.508 e. The quantitative estimate of drug-likeness (QED) is 0.443. The van der Waals surface area contributed by atoms with Crippen LogP contribution in [0.3, 0.4) is 0 Å². The van der Waals surface area contributed by atoms with Gasteiger partial charge in [0.05, 0.1) is 0 Å². The van der Waals surface area contributed by atoms with Gasteiger partial charge in [0.1, 0.15) is 11.9 Å². The van der Waals surface area contributed by atoms with Crippen molar-refractivity contribution < 1.29 is 5.11 Å². The minimum atomic E-state index is -0.240. The van der Waals surface area contributed by atoms with Gasteiger partial charge >= 0.3 is 0 Å². The van der Waals surface area contributed by atoms with E-state index in [-0.39, 0.29) is 18.0 Å². The van der Waals surface area contributed by atoms with Crippen molar-refractivity contribution in [2.24, 2.45) is 4.99 Å². The lowest BCUT2D eigenvalue weighted by atomic mass is 9.93. The Bertz CT molecular complexity index is 1020. The lowest BCUT2D eigenvalue weighted by Gasteiger charge is -2.31. The Labute approximate surface area is 182 Å². The summed E-state index contributed by atoms with van der Waals surface area (Å²) < 4.78 is 1.01. The second-order valence-corrected chi connectivity index (χ2v) is 8.45. The van der Waals surface area contributed by atoms with Crippen molar-refractivity contribution in [1.82, 2.24) is 5.32 Å². The Balaban J connectivity index is 1.76. The maximum absolute atomic E-state index is 10.4. The molecule has 142 valence electrons. The van der Waals surface area contributed by atoms with Crippen LogP contribution in [0.2, 0.25) is 10.0 Å². The Morgan fingerprint density at radius 2 is 1.61 bits per heavy atom. The van der Waals surface area contributed by atoms with E-state index < -0.39 is 0 Å². The maximum Gasteiger partial charge on any atom is 0.126 e. The Morgan fingerprint density at radius 3 is 2.32 bits per heavy atom. The molecule has 3 aromatic carbocycles. The van der Waals surface area contributed by atoms with Crippen LogP contribution in [0.4, 0.5) is 0 Å². The first kappa shape index (κ1) is 19.5. The van der Waals surface area contributed by atoms with E-state index in [1.807, 2.05) is 48.5 Å². The van der Waals surface area contributed by atoms with Gasteiger partial charge in [-0.15, -0.1) is 0 Å². The number of nitrogens with one attached hydrogen (secondary N) is 1. The highest BCUT2D eigenvalue weighted by Crippen LogP contribution is 2.36. The molecule has 0 aliphatic carbocycles. The van der Waals surface area contributed by atoms with Crippen LogP contribution >= 0.6 is 39.1 Å². The van der Waals surface area contributed by atoms with Crippen molar-refractivity contribution >= 4 is 44.8 Å². The van der Waals surface area contributed by atoms with Crippen molar-refractivity contribution in [3.8, 4) is 5.75 Å². The summed E-state index contributed by atoms with van der Waals surface area (Å²) in [5.41, 5.74) is 3.77. The number of rotatable bonds is 3. The van der Waals surface area contributed by atoms with Crippen molar-refractivity contribution in [2.75, 3.05) is 0 Å². The van der Waals surface area contributed by atoms with Crippen LogP contribution in [0.1, 0.15) is 35.3 Å². The normalized spacial score (nSPS) is 19.3. The van der Waals surface area contributed by atoms with Crippen LogP contribution in [0.15, 0.2) is 76.2 Å². The zero-order valence-corrected chi connectivity index (χ0v) is 17.8. The average Bonchev–Trinajstić information content (AvgIpc) is 2.70. The molecule has 1 heterocycles. The van der Waals surface area contributed by atoms with Crippen LogP contribution in [0.25, 0.3) is 0 Å². The monoisotopic (exact) mass is 474 g/mol. The molecule has 28 heavy (non-hydrogen) atoms. The van der Waals surface area contributed by atoms with Gasteiger partial charge in [0, 0.05) is 38.3 Å². The highest BCUT2D eigenvalue weighted by atomic mass is 79.9. The highest BCUT2D eigenvalue weighted by Gasteiger charge is 2.27. The van der Waals surface area contributed by atoms with E-state index in [1.165, 1.54) is 0 Å². The molecule has 0 amide bonds. The van der Waals surface area contributed by atoms with E-state index in [0.717, 1.165) is 26.9 Å². The molecule has 0 aromatic heterocycles. The first-order valence-electron chi connectivity index (χ1n) is 8.82. The van der Waals surface area contributed by atoms with E-state index in [2.05, 4.69) is 21.2 Å². The predicted molar refractivity (Wildman–Crippen MR) is 118 cm³/mol. The number of aliphatic imine (C=N–C) groups is 1. The third-order valence-corrected chi connectivity index (χ3v) is 5.79. The van der Waals surface area contributed by atoms with E-state index in [9.17, 15) is 5.11 Å². The zero-order chi connectivity index (χ0) is 19.7. The second kappa shape index (κ2) is 8.26. The van der Waals surface area contributed by atoms with Crippen molar-refractivity contribution in [3.05, 3.63) is 97.9 Å². The third kappa shape index (κ3) is 4.26. The standard InChI is InChI=1S/C22H17BrCl2N2O/c23-15-5-1-14(2-6-15)22-26-19(13-3-7-16(24)8-4-13)12-20(27-22)18-11-17(25)9-10-21(18)28/h1-11,20,22,27-28H,12H2/t20-,22-/m0/s1. The summed E-state index contributed by atoms with van der Waals surface area (Å²) in [6.07, 6.45) is 0.388. The first-order chi connectivity index (χ1) is 13.5. The van der Waals surface area contributed by atoms with Gasteiger partial charge in [-0.3, -0.25) is 10.3 Å². The molecule has 0 unspecified atom stereocenters. The van der Waals surface area contributed by atoms with Crippen LogP contribution in [0.5, 0.6) is 5.75 Å². The fourth-order valence-corrected chi connectivity index (χ4v) is 3.91. The summed E-state index contributed by atoms with van der Waals surface area (Å²) in [4.78, 5) is 4.94. The SMILES string of the molecule is Oc1ccc(Cl)cc1[C@@H]1CC(c2ccc(Cl)cc2)=N[C@H](c2ccc(Br)cc2)N1. The number of phenols is 1.